The second-order valence-electron chi connectivity index (χ2n) is 3.04. The molecule has 88 valence electrons. The van der Waals surface area contributed by atoms with Crippen LogP contribution in [0.25, 0.3) is 0 Å². The van der Waals surface area contributed by atoms with Crippen molar-refractivity contribution < 1.29 is 18.7 Å². The fraction of sp³-hybridized carbons (Fsp3) is 0.333. The molecule has 0 aromatic carbocycles. The van der Waals surface area contributed by atoms with E-state index in [9.17, 15) is 13.6 Å². The topological polar surface area (TPSA) is 76.2 Å². The fourth-order valence-electron chi connectivity index (χ4n) is 1.36. The van der Waals surface area contributed by atoms with Crippen molar-refractivity contribution in [2.75, 3.05) is 0 Å². The Hall–Kier alpha value is -1.08. The molecule has 7 heteroatoms. The first-order valence-electron chi connectivity index (χ1n) is 4.34. The van der Waals surface area contributed by atoms with Crippen molar-refractivity contribution in [1.29, 1.82) is 0 Å². The first-order valence-corrected chi connectivity index (χ1v) is 5.13. The van der Waals surface area contributed by atoms with Crippen molar-refractivity contribution in [2.45, 2.75) is 19.4 Å². The molecule has 0 aliphatic carbocycles. The number of pyridine rings is 1. The molecule has 16 heavy (non-hydrogen) atoms. The predicted molar refractivity (Wildman–Crippen MR) is 56.1 cm³/mol. The molecule has 1 aromatic heterocycles. The van der Waals surface area contributed by atoms with Gasteiger partial charge >= 0.3 is 5.97 Å². The number of rotatable bonds is 4. The normalized spacial score (nSPS) is 10.8. The first-order chi connectivity index (χ1) is 7.45. The number of nitrogens with two attached hydrogens (primary N) is 1. The molecule has 0 saturated carbocycles. The van der Waals surface area contributed by atoms with Gasteiger partial charge in [-0.2, -0.15) is 0 Å². The highest BCUT2D eigenvalue weighted by molar-refractivity contribution is 9.10. The molecule has 4 nitrogen and oxygen atoms in total. The van der Waals surface area contributed by atoms with Crippen LogP contribution < -0.4 is 5.73 Å². The van der Waals surface area contributed by atoms with Crippen molar-refractivity contribution in [3.63, 3.8) is 0 Å². The number of carbonyl (C=O) groups is 1. The molecule has 0 amide bonds. The number of halogens is 3. The number of carboxylic acids is 1. The minimum Gasteiger partial charge on any atom is -0.481 e. The van der Waals surface area contributed by atoms with E-state index in [-0.39, 0.29) is 23.4 Å². The summed E-state index contributed by atoms with van der Waals surface area (Å²) in [5.74, 6) is -1.18. The average molecular weight is 295 g/mol. The molecule has 0 aliphatic heterocycles. The van der Waals surface area contributed by atoms with E-state index >= 15 is 0 Å². The quantitative estimate of drug-likeness (QED) is 0.831. The molecular formula is C9H9BrF2N2O2. The van der Waals surface area contributed by atoms with E-state index in [2.05, 4.69) is 20.9 Å². The standard InChI is InChI=1S/C9H9BrF2N2O2/c10-6-1-4(2-7(15)16)8(9(11)12)5(3-13)14-6/h1,9H,2-3,13H2,(H,15,16). The Labute approximate surface area is 98.6 Å². The summed E-state index contributed by atoms with van der Waals surface area (Å²) in [4.78, 5) is 14.3. The van der Waals surface area contributed by atoms with Crippen LogP contribution in [0.2, 0.25) is 0 Å². The van der Waals surface area contributed by atoms with E-state index in [1.807, 2.05) is 0 Å². The Morgan fingerprint density at radius 1 is 1.62 bits per heavy atom. The minimum atomic E-state index is -2.78. The van der Waals surface area contributed by atoms with Gasteiger partial charge < -0.3 is 10.8 Å². The molecule has 0 unspecified atom stereocenters. The van der Waals surface area contributed by atoms with E-state index in [0.717, 1.165) is 0 Å². The monoisotopic (exact) mass is 294 g/mol. The number of hydrogen-bond donors (Lipinski definition) is 2. The van der Waals surface area contributed by atoms with Gasteiger partial charge in [0, 0.05) is 12.1 Å². The summed E-state index contributed by atoms with van der Waals surface area (Å²) in [5.41, 5.74) is 4.96. The lowest BCUT2D eigenvalue weighted by Crippen LogP contribution is -2.11. The largest absolute Gasteiger partial charge is 0.481 e. The smallest absolute Gasteiger partial charge is 0.307 e. The van der Waals surface area contributed by atoms with Crippen LogP contribution in [0.4, 0.5) is 8.78 Å². The summed E-state index contributed by atoms with van der Waals surface area (Å²) in [7, 11) is 0. The highest BCUT2D eigenvalue weighted by Crippen LogP contribution is 2.28. The van der Waals surface area contributed by atoms with Gasteiger partial charge in [-0.25, -0.2) is 13.8 Å². The van der Waals surface area contributed by atoms with Crippen LogP contribution in [0, 0.1) is 0 Å². The van der Waals surface area contributed by atoms with Crippen molar-refractivity contribution in [3.8, 4) is 0 Å². The molecule has 0 saturated heterocycles. The number of nitrogens with zero attached hydrogens (tertiary/aromatic N) is 1. The van der Waals surface area contributed by atoms with E-state index in [0.29, 0.717) is 4.60 Å². The van der Waals surface area contributed by atoms with Gasteiger partial charge in [-0.1, -0.05) is 0 Å². The van der Waals surface area contributed by atoms with E-state index in [4.69, 9.17) is 10.8 Å². The minimum absolute atomic E-state index is 0.0145. The second kappa shape index (κ2) is 5.31. The Morgan fingerprint density at radius 2 is 2.25 bits per heavy atom. The highest BCUT2D eigenvalue weighted by Gasteiger charge is 2.20. The summed E-state index contributed by atoms with van der Waals surface area (Å²) < 4.78 is 25.8. The fourth-order valence-corrected chi connectivity index (χ4v) is 1.85. The van der Waals surface area contributed by atoms with Gasteiger partial charge in [-0.3, -0.25) is 4.79 Å². The summed E-state index contributed by atoms with van der Waals surface area (Å²) >= 11 is 3.02. The van der Waals surface area contributed by atoms with Crippen LogP contribution in [0.5, 0.6) is 0 Å². The molecular weight excluding hydrogens is 286 g/mol. The van der Waals surface area contributed by atoms with Crippen molar-refractivity contribution >= 4 is 21.9 Å². The average Bonchev–Trinajstić information content (AvgIpc) is 2.14. The van der Waals surface area contributed by atoms with E-state index in [1.54, 1.807) is 0 Å². The number of aliphatic carboxylic acids is 1. The van der Waals surface area contributed by atoms with Crippen LogP contribution >= 0.6 is 15.9 Å². The third-order valence-corrected chi connectivity index (χ3v) is 2.35. The Morgan fingerprint density at radius 3 is 2.69 bits per heavy atom. The number of aromatic nitrogens is 1. The van der Waals surface area contributed by atoms with E-state index in [1.165, 1.54) is 6.07 Å². The van der Waals surface area contributed by atoms with Crippen molar-refractivity contribution in [2.24, 2.45) is 5.73 Å². The van der Waals surface area contributed by atoms with Crippen molar-refractivity contribution in [3.05, 3.63) is 27.5 Å². The SMILES string of the molecule is NCc1nc(Br)cc(CC(=O)O)c1C(F)F. The summed E-state index contributed by atoms with van der Waals surface area (Å²) in [6, 6.07) is 1.27. The molecule has 0 spiro atoms. The highest BCUT2D eigenvalue weighted by atomic mass is 79.9. The maximum atomic E-state index is 12.8. The van der Waals surface area contributed by atoms with Gasteiger partial charge in [0.25, 0.3) is 6.43 Å². The lowest BCUT2D eigenvalue weighted by molar-refractivity contribution is -0.136. The third kappa shape index (κ3) is 2.96. The number of alkyl halides is 2. The summed E-state index contributed by atoms with van der Waals surface area (Å²) in [6.07, 6.45) is -3.26. The zero-order chi connectivity index (χ0) is 12.3. The lowest BCUT2D eigenvalue weighted by atomic mass is 10.0. The first kappa shape index (κ1) is 13.0. The predicted octanol–water partition coefficient (Wildman–Crippen LogP) is 1.87. The zero-order valence-corrected chi connectivity index (χ0v) is 9.67. The van der Waals surface area contributed by atoms with Crippen LogP contribution in [-0.4, -0.2) is 16.1 Å². The van der Waals surface area contributed by atoms with Crippen molar-refractivity contribution in [1.82, 2.24) is 4.98 Å². The zero-order valence-electron chi connectivity index (χ0n) is 8.08. The molecule has 0 aliphatic rings. The Kier molecular flexibility index (Phi) is 4.31. The van der Waals surface area contributed by atoms with Crippen LogP contribution in [-0.2, 0) is 17.8 Å². The lowest BCUT2D eigenvalue weighted by Gasteiger charge is -2.11. The Bertz CT molecular complexity index is 413. The van der Waals surface area contributed by atoms with Gasteiger partial charge in [-0.15, -0.1) is 0 Å². The Balaban J connectivity index is 3.32. The van der Waals surface area contributed by atoms with Gasteiger partial charge in [0.2, 0.25) is 0 Å². The number of hydrogen-bond acceptors (Lipinski definition) is 3. The van der Waals surface area contributed by atoms with Gasteiger partial charge in [0.1, 0.15) is 4.60 Å². The molecule has 1 heterocycles. The number of carboxylic acid groups (broad SMARTS) is 1. The molecule has 1 rings (SSSR count). The second-order valence-corrected chi connectivity index (χ2v) is 3.85. The van der Waals surface area contributed by atoms with Crippen LogP contribution in [0.3, 0.4) is 0 Å². The summed E-state index contributed by atoms with van der Waals surface area (Å²) in [6.45, 7) is -0.161. The third-order valence-electron chi connectivity index (χ3n) is 1.95. The maximum absolute atomic E-state index is 12.8. The van der Waals surface area contributed by atoms with E-state index < -0.39 is 18.8 Å². The van der Waals surface area contributed by atoms with Gasteiger partial charge in [-0.05, 0) is 27.6 Å². The van der Waals surface area contributed by atoms with Gasteiger partial charge in [0.15, 0.2) is 0 Å². The van der Waals surface area contributed by atoms with Gasteiger partial charge in [0.05, 0.1) is 12.1 Å². The molecule has 0 atom stereocenters. The maximum Gasteiger partial charge on any atom is 0.307 e. The van der Waals surface area contributed by atoms with Crippen LogP contribution in [0.15, 0.2) is 10.7 Å². The molecule has 0 bridgehead atoms. The molecule has 0 fully saturated rings. The molecule has 1 aromatic rings. The molecule has 0 radical (unpaired) electrons. The summed E-state index contributed by atoms with van der Waals surface area (Å²) in [5, 5.41) is 8.62. The van der Waals surface area contributed by atoms with Crippen LogP contribution in [0.1, 0.15) is 23.2 Å². The molecule has 3 N–H and O–H groups in total.